The number of aromatic carboxylic acids is 1. The van der Waals surface area contributed by atoms with Crippen LogP contribution in [0.25, 0.3) is 11.3 Å². The van der Waals surface area contributed by atoms with Crippen LogP contribution in [0.5, 0.6) is 0 Å². The Bertz CT molecular complexity index is 629. The molecular formula is C14H14N2O2. The van der Waals surface area contributed by atoms with Crippen molar-refractivity contribution in [3.05, 3.63) is 40.8 Å². The van der Waals surface area contributed by atoms with Crippen LogP contribution >= 0.6 is 0 Å². The summed E-state index contributed by atoms with van der Waals surface area (Å²) < 4.78 is 0. The molecule has 4 nitrogen and oxygen atoms in total. The maximum atomic E-state index is 11.3. The van der Waals surface area contributed by atoms with Crippen LogP contribution in [0.2, 0.25) is 0 Å². The molecule has 18 heavy (non-hydrogen) atoms. The monoisotopic (exact) mass is 242 g/mol. The second kappa shape index (κ2) is 3.98. The summed E-state index contributed by atoms with van der Waals surface area (Å²) >= 11 is 0. The highest BCUT2D eigenvalue weighted by Gasteiger charge is 2.23. The van der Waals surface area contributed by atoms with Gasteiger partial charge in [0.05, 0.1) is 11.3 Å². The molecule has 0 aromatic carbocycles. The summed E-state index contributed by atoms with van der Waals surface area (Å²) in [6, 6.07) is 4.04. The number of aromatic amines is 1. The number of aromatic nitrogens is 2. The number of carbonyl (C=O) groups is 1. The second-order valence-corrected chi connectivity index (χ2v) is 4.67. The van der Waals surface area contributed by atoms with Crippen LogP contribution in [0.3, 0.4) is 0 Å². The third kappa shape index (κ3) is 1.61. The Morgan fingerprint density at radius 1 is 1.39 bits per heavy atom. The number of nitrogens with one attached hydrogen (secondary N) is 1. The van der Waals surface area contributed by atoms with Crippen molar-refractivity contribution in [2.75, 3.05) is 0 Å². The Labute approximate surface area is 105 Å². The van der Waals surface area contributed by atoms with Gasteiger partial charge in [-0.05, 0) is 37.8 Å². The average Bonchev–Trinajstić information content (AvgIpc) is 2.67. The number of aryl methyl sites for hydroxylation is 3. The van der Waals surface area contributed by atoms with Crippen molar-refractivity contribution in [1.82, 2.24) is 9.97 Å². The van der Waals surface area contributed by atoms with Gasteiger partial charge in [0, 0.05) is 23.1 Å². The third-order valence-corrected chi connectivity index (χ3v) is 3.42. The van der Waals surface area contributed by atoms with Crippen LogP contribution < -0.4 is 0 Å². The van der Waals surface area contributed by atoms with E-state index >= 15 is 0 Å². The van der Waals surface area contributed by atoms with Crippen molar-refractivity contribution in [2.24, 2.45) is 0 Å². The normalized spacial score (nSPS) is 13.6. The molecule has 0 amide bonds. The van der Waals surface area contributed by atoms with Gasteiger partial charge in [-0.3, -0.25) is 4.98 Å². The smallest absolute Gasteiger partial charge is 0.337 e. The number of rotatable bonds is 1. The van der Waals surface area contributed by atoms with E-state index in [0.29, 0.717) is 5.56 Å². The van der Waals surface area contributed by atoms with Crippen molar-refractivity contribution >= 4 is 5.97 Å². The molecule has 0 fully saturated rings. The molecule has 0 atom stereocenters. The zero-order valence-corrected chi connectivity index (χ0v) is 10.2. The second-order valence-electron chi connectivity index (χ2n) is 4.67. The van der Waals surface area contributed by atoms with Gasteiger partial charge < -0.3 is 10.1 Å². The molecule has 2 aromatic rings. The van der Waals surface area contributed by atoms with Gasteiger partial charge in [0.25, 0.3) is 0 Å². The maximum Gasteiger partial charge on any atom is 0.337 e. The molecule has 0 radical (unpaired) electrons. The Kier molecular flexibility index (Phi) is 2.44. The Morgan fingerprint density at radius 2 is 2.22 bits per heavy atom. The summed E-state index contributed by atoms with van der Waals surface area (Å²) in [6.07, 6.45) is 4.42. The fraction of sp³-hybridized carbons (Fsp3) is 0.286. The van der Waals surface area contributed by atoms with E-state index in [1.165, 1.54) is 0 Å². The first-order chi connectivity index (χ1) is 8.66. The Hall–Kier alpha value is -2.10. The van der Waals surface area contributed by atoms with Crippen molar-refractivity contribution in [3.8, 4) is 11.3 Å². The first-order valence-electron chi connectivity index (χ1n) is 6.07. The van der Waals surface area contributed by atoms with Gasteiger partial charge in [0.1, 0.15) is 0 Å². The number of H-pyrrole nitrogens is 1. The zero-order valence-electron chi connectivity index (χ0n) is 10.2. The standard InChI is InChI=1S/C14H14N2O2/c1-8-5-6-9-3-2-4-11-12(13(9)16-8)10(7-15-11)14(17)18/h5-7,15H,2-4H2,1H3,(H,17,18). The molecule has 0 saturated heterocycles. The van der Waals surface area contributed by atoms with Crippen LogP contribution in [0, 0.1) is 6.92 Å². The van der Waals surface area contributed by atoms with Crippen molar-refractivity contribution in [3.63, 3.8) is 0 Å². The lowest BCUT2D eigenvalue weighted by atomic mass is 10.0. The lowest BCUT2D eigenvalue weighted by Gasteiger charge is -2.07. The summed E-state index contributed by atoms with van der Waals surface area (Å²) in [5, 5.41) is 9.27. The summed E-state index contributed by atoms with van der Waals surface area (Å²) in [5.74, 6) is -0.899. The van der Waals surface area contributed by atoms with E-state index < -0.39 is 5.97 Å². The summed E-state index contributed by atoms with van der Waals surface area (Å²) in [7, 11) is 0. The highest BCUT2D eigenvalue weighted by molar-refractivity contribution is 5.96. The molecule has 2 N–H and O–H groups in total. The number of fused-ring (bicyclic) bond motifs is 3. The van der Waals surface area contributed by atoms with Crippen molar-refractivity contribution < 1.29 is 9.90 Å². The van der Waals surface area contributed by atoms with E-state index in [0.717, 1.165) is 47.5 Å². The molecule has 1 aliphatic carbocycles. The Morgan fingerprint density at radius 3 is 3.00 bits per heavy atom. The first-order valence-corrected chi connectivity index (χ1v) is 6.07. The number of pyridine rings is 1. The largest absolute Gasteiger partial charge is 0.478 e. The molecule has 4 heteroatoms. The molecule has 3 rings (SSSR count). The fourth-order valence-corrected chi connectivity index (χ4v) is 2.56. The van der Waals surface area contributed by atoms with E-state index in [1.807, 2.05) is 13.0 Å². The summed E-state index contributed by atoms with van der Waals surface area (Å²) in [4.78, 5) is 18.9. The topological polar surface area (TPSA) is 66.0 Å². The molecule has 1 aliphatic rings. The molecule has 0 saturated carbocycles. The van der Waals surface area contributed by atoms with Crippen molar-refractivity contribution in [2.45, 2.75) is 26.2 Å². The fourth-order valence-electron chi connectivity index (χ4n) is 2.56. The molecule has 0 unspecified atom stereocenters. The lowest BCUT2D eigenvalue weighted by Crippen LogP contribution is -2.00. The van der Waals surface area contributed by atoms with Gasteiger partial charge in [-0.2, -0.15) is 0 Å². The van der Waals surface area contributed by atoms with Crippen LogP contribution in [-0.2, 0) is 12.8 Å². The van der Waals surface area contributed by atoms with Gasteiger partial charge in [-0.1, -0.05) is 6.07 Å². The molecule has 0 bridgehead atoms. The Balaban J connectivity index is 2.31. The summed E-state index contributed by atoms with van der Waals surface area (Å²) in [5.41, 5.74) is 4.98. The predicted octanol–water partition coefficient (Wildman–Crippen LogP) is 2.57. The van der Waals surface area contributed by atoms with E-state index in [9.17, 15) is 9.90 Å². The van der Waals surface area contributed by atoms with Crippen LogP contribution in [0.1, 0.15) is 33.7 Å². The molecule has 92 valence electrons. The number of carboxylic acid groups (broad SMARTS) is 1. The van der Waals surface area contributed by atoms with Gasteiger partial charge in [-0.15, -0.1) is 0 Å². The van der Waals surface area contributed by atoms with E-state index in [4.69, 9.17) is 0 Å². The minimum absolute atomic E-state index is 0.325. The number of hydrogen-bond donors (Lipinski definition) is 2. The summed E-state index contributed by atoms with van der Waals surface area (Å²) in [6.45, 7) is 1.93. The van der Waals surface area contributed by atoms with Gasteiger partial charge >= 0.3 is 5.97 Å². The maximum absolute atomic E-state index is 11.3. The molecule has 2 heterocycles. The van der Waals surface area contributed by atoms with E-state index in [2.05, 4.69) is 16.0 Å². The zero-order chi connectivity index (χ0) is 12.7. The number of carboxylic acids is 1. The van der Waals surface area contributed by atoms with E-state index in [-0.39, 0.29) is 0 Å². The quantitative estimate of drug-likeness (QED) is 0.807. The van der Waals surface area contributed by atoms with Crippen LogP contribution in [0.4, 0.5) is 0 Å². The van der Waals surface area contributed by atoms with Crippen LogP contribution in [0.15, 0.2) is 18.3 Å². The van der Waals surface area contributed by atoms with Gasteiger partial charge in [0.2, 0.25) is 0 Å². The third-order valence-electron chi connectivity index (χ3n) is 3.42. The van der Waals surface area contributed by atoms with Gasteiger partial charge in [-0.25, -0.2) is 4.79 Å². The molecule has 0 spiro atoms. The number of nitrogens with zero attached hydrogens (tertiary/aromatic N) is 1. The van der Waals surface area contributed by atoms with Gasteiger partial charge in [0.15, 0.2) is 0 Å². The molecule has 0 aliphatic heterocycles. The van der Waals surface area contributed by atoms with Crippen LogP contribution in [-0.4, -0.2) is 21.0 Å². The predicted molar refractivity (Wildman–Crippen MR) is 67.7 cm³/mol. The highest BCUT2D eigenvalue weighted by atomic mass is 16.4. The SMILES string of the molecule is Cc1ccc2c(n1)-c1c(C(=O)O)c[nH]c1CCC2. The minimum Gasteiger partial charge on any atom is -0.478 e. The first kappa shape index (κ1) is 11.0. The highest BCUT2D eigenvalue weighted by Crippen LogP contribution is 2.33. The molecule has 2 aromatic heterocycles. The average molecular weight is 242 g/mol. The van der Waals surface area contributed by atoms with E-state index in [1.54, 1.807) is 6.20 Å². The van der Waals surface area contributed by atoms with Crippen molar-refractivity contribution in [1.29, 1.82) is 0 Å². The molecular weight excluding hydrogens is 228 g/mol. The minimum atomic E-state index is -0.899. The lowest BCUT2D eigenvalue weighted by molar-refractivity contribution is 0.0698. The number of hydrogen-bond acceptors (Lipinski definition) is 2.